The van der Waals surface area contributed by atoms with Crippen LogP contribution in [0.5, 0.6) is 0 Å². The molecule has 11 heteroatoms. The Labute approximate surface area is 370 Å². The van der Waals surface area contributed by atoms with E-state index in [1.165, 1.54) is 12.1 Å². The van der Waals surface area contributed by atoms with Crippen LogP contribution >= 0.6 is 0 Å². The number of aryl methyl sites for hydroxylation is 3. The van der Waals surface area contributed by atoms with E-state index < -0.39 is 0 Å². The van der Waals surface area contributed by atoms with E-state index in [-0.39, 0.29) is 62.1 Å². The number of hydrogen-bond acceptors (Lipinski definition) is 9. The molecule has 0 saturated carbocycles. The number of aromatic nitrogens is 6. The Kier molecular flexibility index (Phi) is 19.5. The third kappa shape index (κ3) is 17.1. The maximum atomic E-state index is 13.9. The van der Waals surface area contributed by atoms with Crippen LogP contribution in [0, 0.1) is 32.4 Å². The van der Waals surface area contributed by atoms with Crippen molar-refractivity contribution in [1.29, 1.82) is 0 Å². The predicted molar refractivity (Wildman–Crippen MR) is 248 cm³/mol. The molecule has 3 aromatic carbocycles. The number of carbonyl (C=O) groups is 3. The second kappa shape index (κ2) is 24.4. The molecule has 0 saturated heterocycles. The Morgan fingerprint density at radius 3 is 1.24 bits per heavy atom. The number of Topliss-reactive ketones (excluding diaryl/α,β-unsaturated/α-hetero) is 3. The van der Waals surface area contributed by atoms with Gasteiger partial charge in [-0.2, -0.15) is 30.6 Å². The predicted octanol–water partition coefficient (Wildman–Crippen LogP) is 10.4. The van der Waals surface area contributed by atoms with Crippen molar-refractivity contribution in [3.05, 3.63) is 196 Å². The van der Waals surface area contributed by atoms with Crippen molar-refractivity contribution in [1.82, 2.24) is 30.6 Å². The summed E-state index contributed by atoms with van der Waals surface area (Å²) in [7, 11) is 0. The van der Waals surface area contributed by atoms with Crippen molar-refractivity contribution < 1.29 is 23.2 Å². The minimum Gasteiger partial charge on any atom is -0.299 e. The molecule has 326 valence electrons. The highest BCUT2D eigenvalue weighted by molar-refractivity contribution is 5.84. The molecule has 0 spiro atoms. The van der Waals surface area contributed by atoms with Gasteiger partial charge < -0.3 is 0 Å². The van der Waals surface area contributed by atoms with E-state index in [9.17, 15) is 23.2 Å². The summed E-state index contributed by atoms with van der Waals surface area (Å²) in [5.74, 6) is -0.682. The Bertz CT molecular complexity index is 2530. The van der Waals surface area contributed by atoms with Crippen LogP contribution in [0.1, 0.15) is 95.7 Å². The molecular weight excluding hydrogens is 795 g/mol. The first kappa shape index (κ1) is 50.3. The van der Waals surface area contributed by atoms with E-state index in [1.54, 1.807) is 49.4 Å². The maximum Gasteiger partial charge on any atom is 0.143 e. The molecule has 63 heavy (non-hydrogen) atoms. The zero-order valence-electron chi connectivity index (χ0n) is 36.3. The van der Waals surface area contributed by atoms with Crippen LogP contribution in [0.25, 0.3) is 16.7 Å². The smallest absolute Gasteiger partial charge is 0.143 e. The standard InChI is InChI=1S/2C17H17FN2O.C17H18N2O.CH4/c1-11(2)13-5-6-14(17(18)9-13)8-16(21)10-15-7-4-12(3)19-20-15;1-11(2)16-7-5-13(9-17(16)18)8-15(21)10-14-6-4-12(3)19-20-14;1-12(2)15-7-5-14(6-8-15)10-17(20)11-16-9-4-13(3)18-19-16;/h2*4-7,9H,1,8,10H2,2-3H3;4-9H,1,10-11H2,2-3H3;1H4. The Hall–Kier alpha value is -7.01. The Balaban J connectivity index is 0.000000250. The van der Waals surface area contributed by atoms with Crippen molar-refractivity contribution in [2.45, 2.75) is 87.5 Å². The van der Waals surface area contributed by atoms with Crippen LogP contribution in [0.15, 0.2) is 117 Å². The van der Waals surface area contributed by atoms with Gasteiger partial charge >= 0.3 is 0 Å². The zero-order valence-corrected chi connectivity index (χ0v) is 36.3. The summed E-state index contributed by atoms with van der Waals surface area (Å²) < 4.78 is 27.8. The number of carbonyl (C=O) groups excluding carboxylic acids is 3. The third-order valence-corrected chi connectivity index (χ3v) is 9.37. The normalized spacial score (nSPS) is 10.2. The van der Waals surface area contributed by atoms with Crippen molar-refractivity contribution in [3.63, 3.8) is 0 Å². The van der Waals surface area contributed by atoms with Crippen LogP contribution in [-0.2, 0) is 52.9 Å². The van der Waals surface area contributed by atoms with Crippen LogP contribution in [0.4, 0.5) is 8.78 Å². The molecule has 0 atom stereocenters. The summed E-state index contributed by atoms with van der Waals surface area (Å²) in [6.07, 6.45) is 1.36. The van der Waals surface area contributed by atoms with Gasteiger partial charge in [-0.25, -0.2) is 8.78 Å². The third-order valence-electron chi connectivity index (χ3n) is 9.37. The lowest BCUT2D eigenvalue weighted by Crippen LogP contribution is -2.10. The van der Waals surface area contributed by atoms with Gasteiger partial charge in [0.1, 0.15) is 29.0 Å². The number of halogens is 2. The molecule has 3 heterocycles. The minimum absolute atomic E-state index is 0. The number of ketones is 3. The summed E-state index contributed by atoms with van der Waals surface area (Å²) >= 11 is 0. The topological polar surface area (TPSA) is 129 Å². The molecule has 6 aromatic rings. The van der Waals surface area contributed by atoms with E-state index in [1.807, 2.05) is 77.1 Å². The molecule has 9 nitrogen and oxygen atoms in total. The van der Waals surface area contributed by atoms with Gasteiger partial charge in [0, 0.05) is 24.8 Å². The van der Waals surface area contributed by atoms with E-state index in [0.717, 1.165) is 50.6 Å². The van der Waals surface area contributed by atoms with Crippen molar-refractivity contribution >= 4 is 34.1 Å². The molecule has 0 radical (unpaired) electrons. The molecule has 3 aromatic heterocycles. The van der Waals surface area contributed by atoms with Gasteiger partial charge in [0.15, 0.2) is 0 Å². The summed E-state index contributed by atoms with van der Waals surface area (Å²) in [6.45, 7) is 22.5. The average molecular weight is 851 g/mol. The van der Waals surface area contributed by atoms with Gasteiger partial charge in [-0.15, -0.1) is 0 Å². The molecule has 0 aliphatic rings. The fourth-order valence-electron chi connectivity index (χ4n) is 5.90. The molecule has 0 N–H and O–H groups in total. The largest absolute Gasteiger partial charge is 0.299 e. The number of hydrogen-bond donors (Lipinski definition) is 0. The van der Waals surface area contributed by atoms with Gasteiger partial charge in [-0.1, -0.05) is 86.8 Å². The summed E-state index contributed by atoms with van der Waals surface area (Å²) in [5, 5.41) is 23.7. The second-order valence-electron chi connectivity index (χ2n) is 15.3. The first-order valence-electron chi connectivity index (χ1n) is 20.0. The van der Waals surface area contributed by atoms with Crippen molar-refractivity contribution in [3.8, 4) is 0 Å². The fourth-order valence-corrected chi connectivity index (χ4v) is 5.90. The molecular formula is C52H56F2N6O3. The molecule has 0 aliphatic heterocycles. The van der Waals surface area contributed by atoms with Gasteiger partial charge in [-0.05, 0) is 123 Å². The molecule has 0 unspecified atom stereocenters. The van der Waals surface area contributed by atoms with Crippen LogP contribution in [-0.4, -0.2) is 47.9 Å². The summed E-state index contributed by atoms with van der Waals surface area (Å²) in [6, 6.07) is 28.5. The van der Waals surface area contributed by atoms with Gasteiger partial charge in [0.05, 0.1) is 53.4 Å². The SMILES string of the molecule is C.C=C(C)c1ccc(CC(=O)Cc2ccc(C)nn2)c(F)c1.C=C(C)c1ccc(CC(=O)Cc2ccc(C)nn2)cc1.C=C(C)c1ccc(CC(=O)Cc2ccc(C)nn2)cc1F. The van der Waals surface area contributed by atoms with E-state index >= 15 is 0 Å². The fraction of sp³-hybridized carbons (Fsp3) is 0.250. The number of allylic oxidation sites excluding steroid dienone is 3. The first-order chi connectivity index (χ1) is 29.4. The van der Waals surface area contributed by atoms with Crippen LogP contribution in [0.3, 0.4) is 0 Å². The molecule has 0 fully saturated rings. The van der Waals surface area contributed by atoms with E-state index in [4.69, 9.17) is 0 Å². The lowest BCUT2D eigenvalue weighted by Gasteiger charge is -2.06. The molecule has 0 amide bonds. The van der Waals surface area contributed by atoms with Crippen LogP contribution < -0.4 is 0 Å². The van der Waals surface area contributed by atoms with E-state index in [2.05, 4.69) is 50.3 Å². The Morgan fingerprint density at radius 2 is 0.857 bits per heavy atom. The van der Waals surface area contributed by atoms with Gasteiger partial charge in [0.2, 0.25) is 0 Å². The highest BCUT2D eigenvalue weighted by atomic mass is 19.1. The highest BCUT2D eigenvalue weighted by Crippen LogP contribution is 2.19. The maximum absolute atomic E-state index is 13.9. The minimum atomic E-state index is -0.376. The second-order valence-corrected chi connectivity index (χ2v) is 15.3. The first-order valence-corrected chi connectivity index (χ1v) is 20.0. The summed E-state index contributed by atoms with van der Waals surface area (Å²) in [5.41, 5.74) is 11.3. The number of benzene rings is 3. The molecule has 0 aliphatic carbocycles. The molecule has 0 bridgehead atoms. The monoisotopic (exact) mass is 850 g/mol. The van der Waals surface area contributed by atoms with E-state index in [0.29, 0.717) is 46.5 Å². The Morgan fingerprint density at radius 1 is 0.444 bits per heavy atom. The van der Waals surface area contributed by atoms with Gasteiger partial charge in [0.25, 0.3) is 0 Å². The average Bonchev–Trinajstić information content (AvgIpc) is 3.22. The molecule has 6 rings (SSSR count). The summed E-state index contributed by atoms with van der Waals surface area (Å²) in [4.78, 5) is 36.0. The lowest BCUT2D eigenvalue weighted by atomic mass is 10.0. The lowest BCUT2D eigenvalue weighted by molar-refractivity contribution is -0.118. The number of nitrogens with zero attached hydrogens (tertiary/aromatic N) is 6. The zero-order chi connectivity index (χ0) is 45.3. The van der Waals surface area contributed by atoms with Crippen molar-refractivity contribution in [2.75, 3.05) is 0 Å². The van der Waals surface area contributed by atoms with Crippen molar-refractivity contribution in [2.24, 2.45) is 0 Å². The van der Waals surface area contributed by atoms with Gasteiger partial charge in [-0.3, -0.25) is 14.4 Å². The quantitative estimate of drug-likeness (QED) is 0.0991. The number of rotatable bonds is 15. The van der Waals surface area contributed by atoms with Crippen LogP contribution in [0.2, 0.25) is 0 Å². The highest BCUT2D eigenvalue weighted by Gasteiger charge is 2.13.